The zero-order valence-electron chi connectivity index (χ0n) is 21.1. The molecule has 4 rings (SSSR count). The first kappa shape index (κ1) is 26.7. The van der Waals surface area contributed by atoms with Gasteiger partial charge in [-0.3, -0.25) is 9.59 Å². The predicted octanol–water partition coefficient (Wildman–Crippen LogP) is 4.42. The van der Waals surface area contributed by atoms with Crippen LogP contribution in [0, 0.1) is 12.7 Å². The van der Waals surface area contributed by atoms with Gasteiger partial charge in [0.25, 0.3) is 0 Å². The molecule has 0 radical (unpaired) electrons. The number of fused-ring (bicyclic) bond motifs is 1. The first-order valence-corrected chi connectivity index (χ1v) is 11.9. The number of anilines is 1. The number of ether oxygens (including phenoxy) is 1. The molecule has 1 N–H and O–H groups in total. The zero-order chi connectivity index (χ0) is 27.4. The van der Waals surface area contributed by atoms with E-state index >= 15 is 4.39 Å². The lowest BCUT2D eigenvalue weighted by Crippen LogP contribution is -2.26. The Morgan fingerprint density at radius 1 is 1.24 bits per heavy atom. The molecule has 38 heavy (non-hydrogen) atoms. The Hall–Kier alpha value is -4.38. The monoisotopic (exact) mass is 537 g/mol. The van der Waals surface area contributed by atoms with E-state index in [-0.39, 0.29) is 18.0 Å². The number of aromatic nitrogens is 4. The fourth-order valence-electron chi connectivity index (χ4n) is 3.75. The van der Waals surface area contributed by atoms with Crippen molar-refractivity contribution in [3.63, 3.8) is 0 Å². The fraction of sp³-hybridized carbons (Fsp3) is 0.231. The maximum atomic E-state index is 15.4. The molecule has 4 aromatic rings. The third-order valence-corrected chi connectivity index (χ3v) is 5.72. The van der Waals surface area contributed by atoms with Crippen LogP contribution < -0.4 is 5.32 Å². The lowest BCUT2D eigenvalue weighted by molar-refractivity contribution is -0.142. The van der Waals surface area contributed by atoms with Crippen LogP contribution in [0.1, 0.15) is 24.1 Å². The molecule has 196 valence electrons. The molecular weight excluding hydrogens is 513 g/mol. The number of nitrogens with one attached hydrogen (secondary N) is 1. The fourth-order valence-corrected chi connectivity index (χ4v) is 3.95. The molecular formula is C26H25ClFN7O3. The third-order valence-electron chi connectivity index (χ3n) is 5.48. The molecule has 10 nitrogen and oxygen atoms in total. The Kier molecular flexibility index (Phi) is 7.96. The lowest BCUT2D eigenvalue weighted by atomic mass is 9.99. The standard InChI is InChI=1S/C26H25ClFN7O3/c1-15-23-24(25(30-13-29-23)31-14-34(3)4)35(33-15)22-9-8-19(11-21(22)28)32-26(37)20(12-38-16(2)36)17-6-5-7-18(27)10-17/h5-11,13-14,20H,12H2,1-4H3,(H,32,37). The van der Waals surface area contributed by atoms with E-state index < -0.39 is 23.6 Å². The molecule has 0 saturated heterocycles. The van der Waals surface area contributed by atoms with E-state index in [0.29, 0.717) is 33.1 Å². The number of carbonyl (C=O) groups is 2. The molecule has 2 aromatic carbocycles. The van der Waals surface area contributed by atoms with E-state index in [2.05, 4.69) is 25.4 Å². The lowest BCUT2D eigenvalue weighted by Gasteiger charge is -2.18. The zero-order valence-corrected chi connectivity index (χ0v) is 21.9. The number of hydrogen-bond donors (Lipinski definition) is 1. The molecule has 0 aliphatic rings. The summed E-state index contributed by atoms with van der Waals surface area (Å²) in [5.41, 5.74) is 2.46. The average Bonchev–Trinajstić information content (AvgIpc) is 3.19. The Labute approximate surface area is 223 Å². The highest BCUT2D eigenvalue weighted by Crippen LogP contribution is 2.29. The molecule has 0 fully saturated rings. The number of aryl methyl sites for hydroxylation is 1. The van der Waals surface area contributed by atoms with Gasteiger partial charge in [0.15, 0.2) is 11.6 Å². The van der Waals surface area contributed by atoms with Crippen LogP contribution in [0.2, 0.25) is 5.02 Å². The number of carbonyl (C=O) groups excluding carboxylic acids is 2. The quantitative estimate of drug-likeness (QED) is 0.201. The Bertz CT molecular complexity index is 1540. The van der Waals surface area contributed by atoms with Crippen LogP contribution in [-0.2, 0) is 14.3 Å². The topological polar surface area (TPSA) is 115 Å². The first-order valence-electron chi connectivity index (χ1n) is 11.5. The predicted molar refractivity (Wildman–Crippen MR) is 143 cm³/mol. The van der Waals surface area contributed by atoms with E-state index in [1.165, 1.54) is 30.1 Å². The van der Waals surface area contributed by atoms with E-state index in [1.807, 2.05) is 14.1 Å². The van der Waals surface area contributed by atoms with Crippen LogP contribution in [0.4, 0.5) is 15.9 Å². The molecule has 1 atom stereocenters. The van der Waals surface area contributed by atoms with Crippen LogP contribution in [0.25, 0.3) is 16.7 Å². The number of amides is 1. The summed E-state index contributed by atoms with van der Waals surface area (Å²) >= 11 is 6.09. The average molecular weight is 538 g/mol. The van der Waals surface area contributed by atoms with Crippen LogP contribution >= 0.6 is 11.6 Å². The van der Waals surface area contributed by atoms with Gasteiger partial charge in [-0.05, 0) is 42.8 Å². The highest BCUT2D eigenvalue weighted by molar-refractivity contribution is 6.30. The van der Waals surface area contributed by atoms with Gasteiger partial charge in [0.2, 0.25) is 5.91 Å². The van der Waals surface area contributed by atoms with Crippen molar-refractivity contribution in [3.05, 3.63) is 70.9 Å². The molecule has 0 spiro atoms. The van der Waals surface area contributed by atoms with Crippen molar-refractivity contribution in [2.24, 2.45) is 4.99 Å². The number of hydrogen-bond acceptors (Lipinski definition) is 7. The van der Waals surface area contributed by atoms with E-state index in [9.17, 15) is 9.59 Å². The summed E-state index contributed by atoms with van der Waals surface area (Å²) in [5, 5.41) is 7.58. The van der Waals surface area contributed by atoms with Gasteiger partial charge in [-0.25, -0.2) is 24.0 Å². The summed E-state index contributed by atoms with van der Waals surface area (Å²) < 4.78 is 21.9. The smallest absolute Gasteiger partial charge is 0.302 e. The third kappa shape index (κ3) is 5.94. The summed E-state index contributed by atoms with van der Waals surface area (Å²) in [4.78, 5) is 39.1. The van der Waals surface area contributed by atoms with Gasteiger partial charge < -0.3 is 15.0 Å². The van der Waals surface area contributed by atoms with Crippen molar-refractivity contribution in [1.82, 2.24) is 24.6 Å². The normalized spacial score (nSPS) is 12.1. The van der Waals surface area contributed by atoms with Gasteiger partial charge in [-0.1, -0.05) is 23.7 Å². The van der Waals surface area contributed by atoms with Gasteiger partial charge in [0, 0.05) is 31.7 Å². The summed E-state index contributed by atoms with van der Waals surface area (Å²) in [5.74, 6) is -2.18. The van der Waals surface area contributed by atoms with E-state index in [1.54, 1.807) is 48.5 Å². The summed E-state index contributed by atoms with van der Waals surface area (Å²) in [6.45, 7) is 2.82. The van der Waals surface area contributed by atoms with Crippen LogP contribution in [0.15, 0.2) is 53.8 Å². The molecule has 0 aliphatic carbocycles. The Morgan fingerprint density at radius 3 is 2.71 bits per heavy atom. The van der Waals surface area contributed by atoms with Gasteiger partial charge in [-0.15, -0.1) is 0 Å². The van der Waals surface area contributed by atoms with Crippen molar-refractivity contribution in [2.75, 3.05) is 26.0 Å². The van der Waals surface area contributed by atoms with Gasteiger partial charge in [0.1, 0.15) is 29.7 Å². The molecule has 0 bridgehead atoms. The minimum absolute atomic E-state index is 0.128. The molecule has 12 heteroatoms. The molecule has 1 amide bonds. The number of nitrogens with zero attached hydrogens (tertiary/aromatic N) is 6. The number of halogens is 2. The van der Waals surface area contributed by atoms with Gasteiger partial charge in [-0.2, -0.15) is 5.10 Å². The van der Waals surface area contributed by atoms with E-state index in [4.69, 9.17) is 16.3 Å². The number of esters is 1. The molecule has 0 saturated carbocycles. The van der Waals surface area contributed by atoms with Crippen molar-refractivity contribution >= 4 is 52.4 Å². The van der Waals surface area contributed by atoms with Crippen LogP contribution in [0.5, 0.6) is 0 Å². The largest absolute Gasteiger partial charge is 0.465 e. The minimum atomic E-state index is -0.854. The molecule has 1 unspecified atom stereocenters. The summed E-state index contributed by atoms with van der Waals surface area (Å²) in [6.07, 6.45) is 2.96. The minimum Gasteiger partial charge on any atom is -0.465 e. The maximum Gasteiger partial charge on any atom is 0.302 e. The van der Waals surface area contributed by atoms with Gasteiger partial charge >= 0.3 is 5.97 Å². The van der Waals surface area contributed by atoms with Crippen molar-refractivity contribution in [1.29, 1.82) is 0 Å². The first-order chi connectivity index (χ1) is 18.1. The molecule has 2 aromatic heterocycles. The second kappa shape index (κ2) is 11.3. The SMILES string of the molecule is CC(=O)OCC(C(=O)Nc1ccc(-n2nc(C)c3ncnc(N=CN(C)C)c32)c(F)c1)c1cccc(Cl)c1. The maximum absolute atomic E-state index is 15.4. The number of aliphatic imine (C=N–C) groups is 1. The van der Waals surface area contributed by atoms with Gasteiger partial charge in [0.05, 0.1) is 18.0 Å². The summed E-state index contributed by atoms with van der Waals surface area (Å²) in [6, 6.07) is 10.9. The highest BCUT2D eigenvalue weighted by atomic mass is 35.5. The van der Waals surface area contributed by atoms with Crippen molar-refractivity contribution in [3.8, 4) is 5.69 Å². The van der Waals surface area contributed by atoms with Crippen LogP contribution in [0.3, 0.4) is 0 Å². The second-order valence-corrected chi connectivity index (χ2v) is 9.10. The van der Waals surface area contributed by atoms with Crippen LogP contribution in [-0.4, -0.2) is 63.6 Å². The van der Waals surface area contributed by atoms with Crippen molar-refractivity contribution < 1.29 is 18.7 Å². The Morgan fingerprint density at radius 2 is 2.03 bits per heavy atom. The molecule has 0 aliphatic heterocycles. The highest BCUT2D eigenvalue weighted by Gasteiger charge is 2.24. The second-order valence-electron chi connectivity index (χ2n) is 8.67. The molecule has 2 heterocycles. The summed E-state index contributed by atoms with van der Waals surface area (Å²) in [7, 11) is 3.64. The number of rotatable bonds is 8. The number of benzene rings is 2. The van der Waals surface area contributed by atoms with Crippen molar-refractivity contribution in [2.45, 2.75) is 19.8 Å². The van der Waals surface area contributed by atoms with E-state index in [0.717, 1.165) is 0 Å². The Balaban J connectivity index is 1.66.